The summed E-state index contributed by atoms with van der Waals surface area (Å²) in [7, 11) is 1.67. The largest absolute Gasteiger partial charge is 0.496 e. The van der Waals surface area contributed by atoms with Crippen LogP contribution in [0.3, 0.4) is 0 Å². The molecular formula is C15H23NO2. The number of methoxy groups -OCH3 is 1. The van der Waals surface area contributed by atoms with Gasteiger partial charge < -0.3 is 15.2 Å². The topological polar surface area (TPSA) is 41.5 Å². The second kappa shape index (κ2) is 4.81. The second-order valence-corrected chi connectivity index (χ2v) is 5.72. The van der Waals surface area contributed by atoms with Crippen molar-refractivity contribution in [1.82, 2.24) is 0 Å². The van der Waals surface area contributed by atoms with Crippen molar-refractivity contribution in [3.63, 3.8) is 0 Å². The van der Waals surface area contributed by atoms with Crippen LogP contribution in [0.15, 0.2) is 18.2 Å². The van der Waals surface area contributed by atoms with Crippen LogP contribution < -0.4 is 10.1 Å². The van der Waals surface area contributed by atoms with Crippen molar-refractivity contribution in [1.29, 1.82) is 0 Å². The van der Waals surface area contributed by atoms with E-state index in [2.05, 4.69) is 32.2 Å². The van der Waals surface area contributed by atoms with Gasteiger partial charge in [-0.15, -0.1) is 0 Å². The van der Waals surface area contributed by atoms with Gasteiger partial charge in [-0.2, -0.15) is 0 Å². The summed E-state index contributed by atoms with van der Waals surface area (Å²) in [5, 5.41) is 13.9. The van der Waals surface area contributed by atoms with E-state index in [1.165, 1.54) is 0 Å². The van der Waals surface area contributed by atoms with Crippen molar-refractivity contribution in [2.45, 2.75) is 45.8 Å². The van der Waals surface area contributed by atoms with E-state index in [1.54, 1.807) is 7.11 Å². The van der Waals surface area contributed by atoms with Crippen LogP contribution in [-0.2, 0) is 6.42 Å². The summed E-state index contributed by atoms with van der Waals surface area (Å²) in [6, 6.07) is 6.07. The van der Waals surface area contributed by atoms with Crippen LogP contribution in [0, 0.1) is 5.41 Å². The lowest BCUT2D eigenvalue weighted by Crippen LogP contribution is -2.48. The quantitative estimate of drug-likeness (QED) is 0.865. The molecular weight excluding hydrogens is 226 g/mol. The molecule has 3 nitrogen and oxygen atoms in total. The summed E-state index contributed by atoms with van der Waals surface area (Å²) in [5.74, 6) is 0.854. The molecule has 1 aromatic carbocycles. The monoisotopic (exact) mass is 249 g/mol. The van der Waals surface area contributed by atoms with E-state index in [-0.39, 0.29) is 17.6 Å². The van der Waals surface area contributed by atoms with Gasteiger partial charge in [-0.1, -0.05) is 26.8 Å². The highest BCUT2D eigenvalue weighted by atomic mass is 16.5. The lowest BCUT2D eigenvalue weighted by Gasteiger charge is -2.41. The molecule has 0 aliphatic carbocycles. The molecule has 0 radical (unpaired) electrons. The number of ether oxygens (including phenoxy) is 1. The molecule has 2 rings (SSSR count). The minimum Gasteiger partial charge on any atom is -0.496 e. The average molecular weight is 249 g/mol. The van der Waals surface area contributed by atoms with Crippen LogP contribution in [0.4, 0.5) is 5.69 Å². The summed E-state index contributed by atoms with van der Waals surface area (Å²) < 4.78 is 5.36. The van der Waals surface area contributed by atoms with Crippen LogP contribution in [0.5, 0.6) is 5.75 Å². The molecule has 1 aromatic rings. The Balaban J connectivity index is 2.34. The van der Waals surface area contributed by atoms with E-state index in [0.29, 0.717) is 6.42 Å². The summed E-state index contributed by atoms with van der Waals surface area (Å²) in [6.07, 6.45) is 1.31. The zero-order chi connectivity index (χ0) is 13.3. The van der Waals surface area contributed by atoms with E-state index < -0.39 is 0 Å². The van der Waals surface area contributed by atoms with Gasteiger partial charge in [0.1, 0.15) is 5.75 Å². The van der Waals surface area contributed by atoms with Crippen LogP contribution in [0.1, 0.15) is 32.8 Å². The fourth-order valence-corrected chi connectivity index (χ4v) is 2.63. The van der Waals surface area contributed by atoms with Gasteiger partial charge in [0.15, 0.2) is 0 Å². The third-order valence-electron chi connectivity index (χ3n) is 4.22. The minimum atomic E-state index is -0.372. The van der Waals surface area contributed by atoms with Gasteiger partial charge in [0.2, 0.25) is 0 Å². The Bertz CT molecular complexity index is 429. The molecule has 18 heavy (non-hydrogen) atoms. The first-order valence-electron chi connectivity index (χ1n) is 6.60. The van der Waals surface area contributed by atoms with E-state index in [0.717, 1.165) is 23.4 Å². The van der Waals surface area contributed by atoms with Crippen molar-refractivity contribution in [2.75, 3.05) is 12.4 Å². The lowest BCUT2D eigenvalue weighted by atomic mass is 9.75. The molecule has 0 bridgehead atoms. The van der Waals surface area contributed by atoms with Gasteiger partial charge >= 0.3 is 0 Å². The number of aliphatic hydroxyl groups excluding tert-OH is 1. The molecule has 2 atom stereocenters. The van der Waals surface area contributed by atoms with E-state index in [4.69, 9.17) is 4.74 Å². The molecule has 1 aliphatic heterocycles. The molecule has 0 saturated carbocycles. The van der Waals surface area contributed by atoms with E-state index in [9.17, 15) is 5.11 Å². The standard InChI is InChI=1S/C15H23NO2/c1-5-15(2,3)14-12(17)9-10-11(16-14)7-6-8-13(10)18-4/h6-8,12,14,16-17H,5,9H2,1-4H3. The van der Waals surface area contributed by atoms with Crippen LogP contribution in [0.2, 0.25) is 0 Å². The van der Waals surface area contributed by atoms with Gasteiger partial charge in [-0.3, -0.25) is 0 Å². The molecule has 0 fully saturated rings. The SMILES string of the molecule is CCC(C)(C)C1Nc2cccc(OC)c2CC1O. The first kappa shape index (κ1) is 13.2. The molecule has 0 spiro atoms. The third kappa shape index (κ3) is 2.19. The van der Waals surface area contributed by atoms with Crippen molar-refractivity contribution < 1.29 is 9.84 Å². The van der Waals surface area contributed by atoms with Crippen LogP contribution in [0.25, 0.3) is 0 Å². The maximum Gasteiger partial charge on any atom is 0.124 e. The van der Waals surface area contributed by atoms with Gasteiger partial charge in [-0.25, -0.2) is 0 Å². The Morgan fingerprint density at radius 2 is 2.17 bits per heavy atom. The lowest BCUT2D eigenvalue weighted by molar-refractivity contribution is 0.0881. The van der Waals surface area contributed by atoms with Gasteiger partial charge in [0.25, 0.3) is 0 Å². The first-order chi connectivity index (χ1) is 8.49. The zero-order valence-corrected chi connectivity index (χ0v) is 11.7. The van der Waals surface area contributed by atoms with Crippen molar-refractivity contribution >= 4 is 5.69 Å². The Hall–Kier alpha value is -1.22. The molecule has 1 aliphatic rings. The Labute approximate surface area is 109 Å². The summed E-state index contributed by atoms with van der Waals surface area (Å²) in [6.45, 7) is 6.55. The molecule has 100 valence electrons. The maximum atomic E-state index is 10.4. The zero-order valence-electron chi connectivity index (χ0n) is 11.7. The number of fused-ring (bicyclic) bond motifs is 1. The Kier molecular flexibility index (Phi) is 3.53. The molecule has 0 saturated heterocycles. The highest BCUT2D eigenvalue weighted by molar-refractivity contribution is 5.60. The number of nitrogens with one attached hydrogen (secondary N) is 1. The van der Waals surface area contributed by atoms with E-state index in [1.807, 2.05) is 12.1 Å². The Morgan fingerprint density at radius 1 is 1.44 bits per heavy atom. The minimum absolute atomic E-state index is 0.0696. The number of hydrogen-bond donors (Lipinski definition) is 2. The third-order valence-corrected chi connectivity index (χ3v) is 4.22. The van der Waals surface area contributed by atoms with Crippen LogP contribution >= 0.6 is 0 Å². The molecule has 2 unspecified atom stereocenters. The fourth-order valence-electron chi connectivity index (χ4n) is 2.63. The number of aliphatic hydroxyl groups is 1. The predicted octanol–water partition coefficient (Wildman–Crippen LogP) is 2.83. The summed E-state index contributed by atoms with van der Waals surface area (Å²) in [5.41, 5.74) is 2.24. The molecule has 0 amide bonds. The van der Waals surface area contributed by atoms with Crippen molar-refractivity contribution in [2.24, 2.45) is 5.41 Å². The number of rotatable bonds is 3. The molecule has 1 heterocycles. The fraction of sp³-hybridized carbons (Fsp3) is 0.600. The van der Waals surface area contributed by atoms with Gasteiger partial charge in [0.05, 0.1) is 19.3 Å². The number of anilines is 1. The molecule has 2 N–H and O–H groups in total. The molecule has 3 heteroatoms. The van der Waals surface area contributed by atoms with Crippen molar-refractivity contribution in [3.8, 4) is 5.75 Å². The van der Waals surface area contributed by atoms with Crippen LogP contribution in [-0.4, -0.2) is 24.4 Å². The summed E-state index contributed by atoms with van der Waals surface area (Å²) in [4.78, 5) is 0. The predicted molar refractivity (Wildman–Crippen MR) is 74.2 cm³/mol. The smallest absolute Gasteiger partial charge is 0.124 e. The summed E-state index contributed by atoms with van der Waals surface area (Å²) >= 11 is 0. The highest BCUT2D eigenvalue weighted by Crippen LogP contribution is 2.38. The molecule has 0 aromatic heterocycles. The van der Waals surface area contributed by atoms with E-state index >= 15 is 0 Å². The first-order valence-corrected chi connectivity index (χ1v) is 6.60. The number of benzene rings is 1. The maximum absolute atomic E-state index is 10.4. The van der Waals surface area contributed by atoms with Gasteiger partial charge in [-0.05, 0) is 24.0 Å². The number of hydrogen-bond acceptors (Lipinski definition) is 3. The second-order valence-electron chi connectivity index (χ2n) is 5.72. The normalized spacial score (nSPS) is 23.2. The van der Waals surface area contributed by atoms with Gasteiger partial charge in [0, 0.05) is 17.7 Å². The Morgan fingerprint density at radius 3 is 2.78 bits per heavy atom. The average Bonchev–Trinajstić information content (AvgIpc) is 2.37. The van der Waals surface area contributed by atoms with Crippen molar-refractivity contribution in [3.05, 3.63) is 23.8 Å². The highest BCUT2D eigenvalue weighted by Gasteiger charge is 2.37.